The standard InChI is InChI=1S/C19H21ClN2O5S/c1-14(19(24)22(3)16-7-5-4-6-8-16)27-18(23)13-21(2)28(25,26)17-11-9-15(20)10-12-17/h4-12,14H,13H2,1-3H3. The van der Waals surface area contributed by atoms with Gasteiger partial charge in [-0.25, -0.2) is 8.42 Å². The highest BCUT2D eigenvalue weighted by atomic mass is 35.5. The first kappa shape index (κ1) is 21.9. The van der Waals surface area contributed by atoms with Gasteiger partial charge in [-0.2, -0.15) is 4.31 Å². The number of anilines is 1. The molecule has 0 aliphatic heterocycles. The first-order chi connectivity index (χ1) is 13.1. The summed E-state index contributed by atoms with van der Waals surface area (Å²) in [5.41, 5.74) is 0.651. The monoisotopic (exact) mass is 424 g/mol. The molecule has 0 spiro atoms. The van der Waals surface area contributed by atoms with Crippen LogP contribution in [0.1, 0.15) is 6.92 Å². The van der Waals surface area contributed by atoms with Gasteiger partial charge in [0.05, 0.1) is 4.90 Å². The van der Waals surface area contributed by atoms with Crippen LogP contribution in [0.3, 0.4) is 0 Å². The zero-order valence-electron chi connectivity index (χ0n) is 15.7. The lowest BCUT2D eigenvalue weighted by molar-refractivity contribution is -0.153. The molecule has 2 aromatic carbocycles. The number of likely N-dealkylation sites (N-methyl/N-ethyl adjacent to an activating group) is 2. The fourth-order valence-corrected chi connectivity index (χ4v) is 3.63. The number of rotatable bonds is 7. The molecule has 0 heterocycles. The Bertz CT molecular complexity index is 933. The van der Waals surface area contributed by atoms with Gasteiger partial charge < -0.3 is 9.64 Å². The summed E-state index contributed by atoms with van der Waals surface area (Å²) in [4.78, 5) is 25.9. The van der Waals surface area contributed by atoms with Gasteiger partial charge in [-0.15, -0.1) is 0 Å². The van der Waals surface area contributed by atoms with Crippen molar-refractivity contribution in [2.24, 2.45) is 0 Å². The summed E-state index contributed by atoms with van der Waals surface area (Å²) in [6.07, 6.45) is -1.07. The second-order valence-electron chi connectivity index (χ2n) is 6.08. The molecule has 1 unspecified atom stereocenters. The number of halogens is 1. The molecule has 7 nitrogen and oxygen atoms in total. The van der Waals surface area contributed by atoms with E-state index in [1.165, 1.54) is 43.1 Å². The first-order valence-electron chi connectivity index (χ1n) is 8.37. The molecule has 0 aliphatic rings. The van der Waals surface area contributed by atoms with E-state index in [0.29, 0.717) is 10.7 Å². The number of carbonyl (C=O) groups excluding carboxylic acids is 2. The van der Waals surface area contributed by atoms with Gasteiger partial charge in [0.25, 0.3) is 5.91 Å². The van der Waals surface area contributed by atoms with E-state index in [4.69, 9.17) is 16.3 Å². The molecule has 2 aromatic rings. The van der Waals surface area contributed by atoms with Crippen LogP contribution < -0.4 is 4.90 Å². The number of esters is 1. The SMILES string of the molecule is CC(OC(=O)CN(C)S(=O)(=O)c1ccc(Cl)cc1)C(=O)N(C)c1ccccc1. The van der Waals surface area contributed by atoms with E-state index in [1.54, 1.807) is 31.3 Å². The predicted octanol–water partition coefficient (Wildman–Crippen LogP) is 2.56. The van der Waals surface area contributed by atoms with E-state index in [1.807, 2.05) is 6.07 Å². The van der Waals surface area contributed by atoms with Gasteiger partial charge in [0.2, 0.25) is 10.0 Å². The summed E-state index contributed by atoms with van der Waals surface area (Å²) in [6, 6.07) is 14.5. The zero-order chi connectivity index (χ0) is 20.9. The lowest BCUT2D eigenvalue weighted by Crippen LogP contribution is -2.40. The van der Waals surface area contributed by atoms with E-state index in [2.05, 4.69) is 0 Å². The highest BCUT2D eigenvalue weighted by molar-refractivity contribution is 7.89. The van der Waals surface area contributed by atoms with Crippen LogP contribution in [0.25, 0.3) is 0 Å². The minimum Gasteiger partial charge on any atom is -0.452 e. The van der Waals surface area contributed by atoms with Crippen molar-refractivity contribution >= 4 is 39.2 Å². The number of amides is 1. The third-order valence-corrected chi connectivity index (χ3v) is 6.07. The van der Waals surface area contributed by atoms with Crippen LogP contribution in [0, 0.1) is 0 Å². The molecule has 0 aliphatic carbocycles. The van der Waals surface area contributed by atoms with Gasteiger partial charge >= 0.3 is 5.97 Å². The average molecular weight is 425 g/mol. The fraction of sp³-hybridized carbons (Fsp3) is 0.263. The third kappa shape index (κ3) is 5.31. The van der Waals surface area contributed by atoms with Crippen molar-refractivity contribution in [3.05, 3.63) is 59.6 Å². The Hall–Kier alpha value is -2.42. The first-order valence-corrected chi connectivity index (χ1v) is 10.2. The molecule has 2 rings (SSSR count). The van der Waals surface area contributed by atoms with Crippen LogP contribution in [0.4, 0.5) is 5.69 Å². The van der Waals surface area contributed by atoms with Gasteiger partial charge in [-0.1, -0.05) is 29.8 Å². The number of para-hydroxylation sites is 1. The normalized spacial score (nSPS) is 12.5. The Labute approximate surface area is 169 Å². The van der Waals surface area contributed by atoms with Crippen molar-refractivity contribution < 1.29 is 22.7 Å². The molecule has 0 aromatic heterocycles. The minimum atomic E-state index is -3.89. The average Bonchev–Trinajstić information content (AvgIpc) is 2.67. The molecule has 28 heavy (non-hydrogen) atoms. The summed E-state index contributed by atoms with van der Waals surface area (Å²) in [6.45, 7) is 0.908. The smallest absolute Gasteiger partial charge is 0.322 e. The van der Waals surface area contributed by atoms with Crippen LogP contribution in [-0.4, -0.2) is 51.3 Å². The number of ether oxygens (including phenoxy) is 1. The third-order valence-electron chi connectivity index (χ3n) is 4.00. The maximum Gasteiger partial charge on any atom is 0.322 e. The van der Waals surface area contributed by atoms with Crippen molar-refractivity contribution in [1.82, 2.24) is 4.31 Å². The highest BCUT2D eigenvalue weighted by Crippen LogP contribution is 2.18. The van der Waals surface area contributed by atoms with Crippen LogP contribution in [0.2, 0.25) is 5.02 Å². The number of sulfonamides is 1. The summed E-state index contributed by atoms with van der Waals surface area (Å²) < 4.78 is 31.0. The van der Waals surface area contributed by atoms with E-state index < -0.39 is 34.5 Å². The Morgan fingerprint density at radius 3 is 2.18 bits per heavy atom. The molecular weight excluding hydrogens is 404 g/mol. The van der Waals surface area contributed by atoms with Crippen LogP contribution >= 0.6 is 11.6 Å². The van der Waals surface area contributed by atoms with Crippen molar-refractivity contribution in [3.63, 3.8) is 0 Å². The lowest BCUT2D eigenvalue weighted by Gasteiger charge is -2.22. The Morgan fingerprint density at radius 2 is 1.61 bits per heavy atom. The van der Waals surface area contributed by atoms with Crippen molar-refractivity contribution in [2.75, 3.05) is 25.5 Å². The Balaban J connectivity index is 1.98. The van der Waals surface area contributed by atoms with Crippen LogP contribution in [0.5, 0.6) is 0 Å². The van der Waals surface area contributed by atoms with Crippen LogP contribution in [0.15, 0.2) is 59.5 Å². The van der Waals surface area contributed by atoms with Crippen molar-refractivity contribution in [1.29, 1.82) is 0 Å². The van der Waals surface area contributed by atoms with E-state index in [9.17, 15) is 18.0 Å². The Kier molecular flexibility index (Phi) is 7.17. The van der Waals surface area contributed by atoms with Gasteiger partial charge in [0.1, 0.15) is 6.54 Å². The molecule has 1 atom stereocenters. The fourth-order valence-electron chi connectivity index (χ4n) is 2.39. The topological polar surface area (TPSA) is 84.0 Å². The predicted molar refractivity (Wildman–Crippen MR) is 107 cm³/mol. The molecule has 150 valence electrons. The molecule has 0 saturated carbocycles. The minimum absolute atomic E-state index is 0.000126. The molecule has 1 amide bonds. The molecule has 0 fully saturated rings. The molecule has 0 radical (unpaired) electrons. The quantitative estimate of drug-likeness (QED) is 0.638. The lowest BCUT2D eigenvalue weighted by atomic mass is 10.2. The maximum absolute atomic E-state index is 12.5. The molecule has 0 saturated heterocycles. The maximum atomic E-state index is 12.5. The van der Waals surface area contributed by atoms with Gasteiger partial charge in [0, 0.05) is 24.8 Å². The molecule has 0 N–H and O–H groups in total. The summed E-state index contributed by atoms with van der Waals surface area (Å²) in [5, 5.41) is 0.399. The highest BCUT2D eigenvalue weighted by Gasteiger charge is 2.27. The molecular formula is C19H21ClN2O5S. The van der Waals surface area contributed by atoms with E-state index in [0.717, 1.165) is 4.31 Å². The van der Waals surface area contributed by atoms with Crippen LogP contribution in [-0.2, 0) is 24.3 Å². The largest absolute Gasteiger partial charge is 0.452 e. The van der Waals surface area contributed by atoms with E-state index in [-0.39, 0.29) is 4.90 Å². The number of hydrogen-bond acceptors (Lipinski definition) is 5. The summed E-state index contributed by atoms with van der Waals surface area (Å²) in [5.74, 6) is -1.26. The van der Waals surface area contributed by atoms with Crippen molar-refractivity contribution in [2.45, 2.75) is 17.9 Å². The zero-order valence-corrected chi connectivity index (χ0v) is 17.3. The summed E-state index contributed by atoms with van der Waals surface area (Å²) in [7, 11) is -1.06. The number of benzene rings is 2. The van der Waals surface area contributed by atoms with Gasteiger partial charge in [0.15, 0.2) is 6.10 Å². The number of carbonyl (C=O) groups is 2. The number of nitrogens with zero attached hydrogens (tertiary/aromatic N) is 2. The van der Waals surface area contributed by atoms with Gasteiger partial charge in [-0.05, 0) is 43.3 Å². The summed E-state index contributed by atoms with van der Waals surface area (Å²) >= 11 is 5.76. The number of hydrogen-bond donors (Lipinski definition) is 0. The van der Waals surface area contributed by atoms with Gasteiger partial charge in [-0.3, -0.25) is 9.59 Å². The molecule has 0 bridgehead atoms. The molecule has 9 heteroatoms. The second-order valence-corrected chi connectivity index (χ2v) is 8.56. The van der Waals surface area contributed by atoms with Crippen molar-refractivity contribution in [3.8, 4) is 0 Å². The second kappa shape index (κ2) is 9.18. The van der Waals surface area contributed by atoms with E-state index >= 15 is 0 Å². The Morgan fingerprint density at radius 1 is 1.04 bits per heavy atom.